The maximum Gasteiger partial charge on any atom is 0.283 e. The van der Waals surface area contributed by atoms with Gasteiger partial charge in [-0.05, 0) is 56.0 Å². The molecule has 3 heterocycles. The molecule has 3 aliphatic heterocycles. The minimum atomic E-state index is -1.87. The molecule has 2 bridgehead atoms. The van der Waals surface area contributed by atoms with Gasteiger partial charge in [-0.3, -0.25) is 0 Å². The third kappa shape index (κ3) is 12.0. The standard InChI is InChI=1S/C34H52O4Si/c1-9-10-17-24-31(38-39(7,8)32(3,4)5)25-20-15-14-19-23-30(2)22-18-13-11-12-16-21-26-34-35-27-33(6,28-36-34)29-37-34/h10,12-18,30-31H,9,11,21-22,24,26-29H2,1-8H3/b15-14-,16-12-,17-10-,18-13-/t30-,31-,33?,34?/m0/s1. The lowest BCUT2D eigenvalue weighted by molar-refractivity contribution is -0.467. The van der Waals surface area contributed by atoms with Crippen molar-refractivity contribution in [1.82, 2.24) is 0 Å². The molecule has 0 aromatic carbocycles. The van der Waals surface area contributed by atoms with E-state index in [0.29, 0.717) is 25.7 Å². The molecule has 2 atom stereocenters. The lowest BCUT2D eigenvalue weighted by atomic mass is 9.91. The maximum absolute atomic E-state index is 6.54. The van der Waals surface area contributed by atoms with Crippen molar-refractivity contribution in [3.63, 3.8) is 0 Å². The molecule has 0 amide bonds. The third-order valence-corrected chi connectivity index (χ3v) is 11.9. The van der Waals surface area contributed by atoms with Gasteiger partial charge < -0.3 is 18.6 Å². The first kappa shape index (κ1) is 33.3. The summed E-state index contributed by atoms with van der Waals surface area (Å²) >= 11 is 0. The Hall–Kier alpha value is -1.86. The Bertz CT molecular complexity index is 966. The smallest absolute Gasteiger partial charge is 0.283 e. The average Bonchev–Trinajstić information content (AvgIpc) is 2.87. The van der Waals surface area contributed by atoms with Gasteiger partial charge in [0.2, 0.25) is 0 Å². The Morgan fingerprint density at radius 2 is 1.46 bits per heavy atom. The fourth-order valence-electron chi connectivity index (χ4n) is 3.80. The van der Waals surface area contributed by atoms with E-state index in [1.54, 1.807) is 0 Å². The van der Waals surface area contributed by atoms with Crippen LogP contribution in [0.4, 0.5) is 0 Å². The second-order valence-electron chi connectivity index (χ2n) is 12.6. The van der Waals surface area contributed by atoms with Crippen molar-refractivity contribution >= 4 is 8.32 Å². The molecular formula is C34H52O4Si. The van der Waals surface area contributed by atoms with Crippen LogP contribution >= 0.6 is 0 Å². The monoisotopic (exact) mass is 552 g/mol. The first-order valence-corrected chi connectivity index (χ1v) is 17.5. The second kappa shape index (κ2) is 15.8. The summed E-state index contributed by atoms with van der Waals surface area (Å²) in [5.41, 5.74) is 0.0173. The summed E-state index contributed by atoms with van der Waals surface area (Å²) < 4.78 is 24.0. The summed E-state index contributed by atoms with van der Waals surface area (Å²) in [6, 6.07) is 0. The Morgan fingerprint density at radius 1 is 0.872 bits per heavy atom. The van der Waals surface area contributed by atoms with E-state index in [9.17, 15) is 0 Å². The zero-order valence-electron chi connectivity index (χ0n) is 25.8. The predicted octanol–water partition coefficient (Wildman–Crippen LogP) is 8.34. The molecule has 3 rings (SSSR count). The Labute approximate surface area is 240 Å². The first-order chi connectivity index (χ1) is 18.4. The molecule has 5 heteroatoms. The van der Waals surface area contributed by atoms with E-state index in [1.807, 2.05) is 12.2 Å². The van der Waals surface area contributed by atoms with Crippen molar-refractivity contribution < 1.29 is 18.6 Å². The number of fused-ring (bicyclic) bond motifs is 3. The van der Waals surface area contributed by atoms with Crippen molar-refractivity contribution in [2.75, 3.05) is 19.8 Å². The van der Waals surface area contributed by atoms with Gasteiger partial charge in [-0.1, -0.05) is 102 Å². The molecule has 0 N–H and O–H groups in total. The number of ether oxygens (including phenoxy) is 3. The van der Waals surface area contributed by atoms with Crippen LogP contribution in [0.15, 0.2) is 48.6 Å². The van der Waals surface area contributed by atoms with Crippen LogP contribution in [0.1, 0.15) is 80.1 Å². The van der Waals surface area contributed by atoms with Crippen LogP contribution in [0.3, 0.4) is 0 Å². The van der Waals surface area contributed by atoms with Crippen LogP contribution in [0.2, 0.25) is 18.1 Å². The third-order valence-electron chi connectivity index (χ3n) is 7.45. The predicted molar refractivity (Wildman–Crippen MR) is 165 cm³/mol. The molecular weight excluding hydrogens is 500 g/mol. The average molecular weight is 553 g/mol. The zero-order valence-corrected chi connectivity index (χ0v) is 26.8. The van der Waals surface area contributed by atoms with E-state index < -0.39 is 14.3 Å². The summed E-state index contributed by atoms with van der Waals surface area (Å²) in [6.45, 7) is 19.9. The summed E-state index contributed by atoms with van der Waals surface area (Å²) in [6.07, 6.45) is 22.0. The highest BCUT2D eigenvalue weighted by Gasteiger charge is 2.49. The molecule has 0 spiro atoms. The fraction of sp³-hybridized carbons (Fsp3) is 0.647. The quantitative estimate of drug-likeness (QED) is 0.138. The minimum Gasteiger partial charge on any atom is -0.403 e. The van der Waals surface area contributed by atoms with E-state index in [2.05, 4.69) is 115 Å². The van der Waals surface area contributed by atoms with Gasteiger partial charge in [0, 0.05) is 24.2 Å². The number of allylic oxidation sites excluding steroid dienone is 7. The SMILES string of the molecule is CC/C=C\C[C@@H](C#C/C=C\C#C[C@@H](C)C/C=C\C/C=C\CCC12OCC(C)(CO1)CO2)O[Si](C)(C)C(C)(C)C. The van der Waals surface area contributed by atoms with Gasteiger partial charge in [-0.2, -0.15) is 0 Å². The highest BCUT2D eigenvalue weighted by molar-refractivity contribution is 6.74. The number of rotatable bonds is 12. The van der Waals surface area contributed by atoms with Gasteiger partial charge in [0.15, 0.2) is 8.32 Å². The first-order valence-electron chi connectivity index (χ1n) is 14.6. The molecule has 0 aromatic rings. The van der Waals surface area contributed by atoms with Gasteiger partial charge in [0.1, 0.15) is 6.10 Å². The van der Waals surface area contributed by atoms with Gasteiger partial charge in [-0.25, -0.2) is 0 Å². The zero-order chi connectivity index (χ0) is 28.8. The number of hydrogen-bond acceptors (Lipinski definition) is 4. The Morgan fingerprint density at radius 3 is 2.08 bits per heavy atom. The Balaban J connectivity index is 1.70. The highest BCUT2D eigenvalue weighted by Crippen LogP contribution is 2.40. The van der Waals surface area contributed by atoms with E-state index in [0.717, 1.165) is 38.5 Å². The van der Waals surface area contributed by atoms with Crippen LogP contribution in [-0.2, 0) is 18.6 Å². The molecule has 3 saturated heterocycles. The van der Waals surface area contributed by atoms with Gasteiger partial charge in [-0.15, -0.1) is 0 Å². The molecule has 216 valence electrons. The minimum absolute atomic E-state index is 0.0173. The van der Waals surface area contributed by atoms with Crippen LogP contribution in [0, 0.1) is 35.0 Å². The van der Waals surface area contributed by atoms with E-state index in [1.165, 1.54) is 0 Å². The van der Waals surface area contributed by atoms with Gasteiger partial charge >= 0.3 is 0 Å². The van der Waals surface area contributed by atoms with Crippen LogP contribution in [-0.4, -0.2) is 40.2 Å². The highest BCUT2D eigenvalue weighted by atomic mass is 28.4. The molecule has 0 aromatic heterocycles. The van der Waals surface area contributed by atoms with Crippen molar-refractivity contribution in [3.05, 3.63) is 48.6 Å². The van der Waals surface area contributed by atoms with Crippen molar-refractivity contribution in [1.29, 1.82) is 0 Å². The molecule has 4 nitrogen and oxygen atoms in total. The summed E-state index contributed by atoms with van der Waals surface area (Å²) in [5.74, 6) is 12.4. The molecule has 3 aliphatic rings. The lowest BCUT2D eigenvalue weighted by Crippen LogP contribution is -2.58. The van der Waals surface area contributed by atoms with Crippen LogP contribution in [0.25, 0.3) is 0 Å². The fourth-order valence-corrected chi connectivity index (χ4v) is 5.02. The topological polar surface area (TPSA) is 36.9 Å². The number of hydrogen-bond donors (Lipinski definition) is 0. The van der Waals surface area contributed by atoms with Gasteiger partial charge in [0.25, 0.3) is 5.97 Å². The Kier molecular flexibility index (Phi) is 13.5. The lowest BCUT2D eigenvalue weighted by Gasteiger charge is -2.50. The summed E-state index contributed by atoms with van der Waals surface area (Å²) in [7, 11) is -1.87. The maximum atomic E-state index is 6.54. The molecule has 39 heavy (non-hydrogen) atoms. The van der Waals surface area contributed by atoms with E-state index >= 15 is 0 Å². The molecule has 3 fully saturated rings. The van der Waals surface area contributed by atoms with Crippen LogP contribution in [0.5, 0.6) is 0 Å². The van der Waals surface area contributed by atoms with E-state index in [4.69, 9.17) is 18.6 Å². The summed E-state index contributed by atoms with van der Waals surface area (Å²) in [4.78, 5) is 0. The van der Waals surface area contributed by atoms with Gasteiger partial charge in [0.05, 0.1) is 19.8 Å². The normalized spacial score (nSPS) is 25.2. The molecule has 0 unspecified atom stereocenters. The van der Waals surface area contributed by atoms with Crippen molar-refractivity contribution in [3.8, 4) is 23.7 Å². The van der Waals surface area contributed by atoms with Crippen molar-refractivity contribution in [2.45, 2.75) is 110 Å². The largest absolute Gasteiger partial charge is 0.403 e. The van der Waals surface area contributed by atoms with Crippen molar-refractivity contribution in [2.24, 2.45) is 11.3 Å². The molecule has 0 aliphatic carbocycles. The summed E-state index contributed by atoms with van der Waals surface area (Å²) in [5, 5.41) is 0.163. The molecule has 0 radical (unpaired) electrons. The molecule has 0 saturated carbocycles. The van der Waals surface area contributed by atoms with Crippen LogP contribution < -0.4 is 0 Å². The van der Waals surface area contributed by atoms with E-state index in [-0.39, 0.29) is 16.6 Å². The second-order valence-corrected chi connectivity index (χ2v) is 17.4.